The minimum atomic E-state index is 0.775. The SMILES string of the molecule is c1coc(-c2ccc3ncnc(Nc4ccc(N5CCOCC5)cc4)c3c2)c1. The second kappa shape index (κ2) is 7.32. The lowest BCUT2D eigenvalue weighted by molar-refractivity contribution is 0.122. The predicted molar refractivity (Wildman–Crippen MR) is 110 cm³/mol. The Bertz CT molecular complexity index is 1070. The van der Waals surface area contributed by atoms with Gasteiger partial charge in [-0.25, -0.2) is 9.97 Å². The maximum Gasteiger partial charge on any atom is 0.141 e. The van der Waals surface area contributed by atoms with Gasteiger partial charge in [-0.15, -0.1) is 0 Å². The summed E-state index contributed by atoms with van der Waals surface area (Å²) < 4.78 is 10.9. The van der Waals surface area contributed by atoms with Crippen LogP contribution in [0.15, 0.2) is 71.6 Å². The van der Waals surface area contributed by atoms with E-state index in [2.05, 4.69) is 50.5 Å². The number of aromatic nitrogens is 2. The van der Waals surface area contributed by atoms with E-state index >= 15 is 0 Å². The summed E-state index contributed by atoms with van der Waals surface area (Å²) in [7, 11) is 0. The van der Waals surface area contributed by atoms with Crippen LogP contribution in [0, 0.1) is 0 Å². The van der Waals surface area contributed by atoms with Crippen molar-refractivity contribution < 1.29 is 9.15 Å². The van der Waals surface area contributed by atoms with E-state index in [9.17, 15) is 0 Å². The van der Waals surface area contributed by atoms with Crippen molar-refractivity contribution in [2.45, 2.75) is 0 Å². The highest BCUT2D eigenvalue weighted by molar-refractivity contribution is 5.93. The standard InChI is InChI=1S/C22H20N4O2/c1-2-21(28-11-1)16-3-8-20-19(14-16)22(24-15-23-20)25-17-4-6-18(7-5-17)26-9-12-27-13-10-26/h1-8,11,14-15H,9-10,12-13H2,(H,23,24,25). The molecule has 1 fully saturated rings. The van der Waals surface area contributed by atoms with Crippen LogP contribution in [0.5, 0.6) is 0 Å². The summed E-state index contributed by atoms with van der Waals surface area (Å²) in [5.41, 5.74) is 4.08. The normalized spacial score (nSPS) is 14.4. The van der Waals surface area contributed by atoms with Crippen LogP contribution in [0.25, 0.3) is 22.2 Å². The van der Waals surface area contributed by atoms with E-state index in [1.165, 1.54) is 5.69 Å². The largest absolute Gasteiger partial charge is 0.464 e. The fourth-order valence-corrected chi connectivity index (χ4v) is 3.47. The van der Waals surface area contributed by atoms with Crippen molar-refractivity contribution in [1.29, 1.82) is 0 Å². The van der Waals surface area contributed by atoms with Gasteiger partial charge in [0.25, 0.3) is 0 Å². The first-order valence-electron chi connectivity index (χ1n) is 9.35. The van der Waals surface area contributed by atoms with Gasteiger partial charge in [0.05, 0.1) is 25.0 Å². The third kappa shape index (κ3) is 3.30. The van der Waals surface area contributed by atoms with Crippen LogP contribution in [0.4, 0.5) is 17.2 Å². The lowest BCUT2D eigenvalue weighted by Gasteiger charge is -2.28. The molecule has 2 aromatic heterocycles. The number of hydrogen-bond donors (Lipinski definition) is 1. The molecule has 0 saturated carbocycles. The van der Waals surface area contributed by atoms with Crippen molar-refractivity contribution in [3.8, 4) is 11.3 Å². The molecule has 1 N–H and O–H groups in total. The Balaban J connectivity index is 1.43. The average Bonchev–Trinajstić information content (AvgIpc) is 3.30. The number of hydrogen-bond acceptors (Lipinski definition) is 6. The number of benzene rings is 2. The number of nitrogens with one attached hydrogen (secondary N) is 1. The molecule has 140 valence electrons. The molecule has 1 aliphatic rings. The highest BCUT2D eigenvalue weighted by Gasteiger charge is 2.12. The molecule has 0 spiro atoms. The Labute approximate surface area is 162 Å². The minimum absolute atomic E-state index is 0.775. The van der Waals surface area contributed by atoms with Gasteiger partial charge in [-0.3, -0.25) is 0 Å². The van der Waals surface area contributed by atoms with Gasteiger partial charge >= 0.3 is 0 Å². The highest BCUT2D eigenvalue weighted by Crippen LogP contribution is 2.29. The van der Waals surface area contributed by atoms with Crippen molar-refractivity contribution >= 4 is 28.1 Å². The quantitative estimate of drug-likeness (QED) is 0.570. The molecule has 6 heteroatoms. The van der Waals surface area contributed by atoms with Gasteiger partial charge in [-0.05, 0) is 54.6 Å². The predicted octanol–water partition coefficient (Wildman–Crippen LogP) is 4.47. The van der Waals surface area contributed by atoms with Crippen LogP contribution >= 0.6 is 0 Å². The third-order valence-corrected chi connectivity index (χ3v) is 4.95. The van der Waals surface area contributed by atoms with Gasteiger partial charge in [0.2, 0.25) is 0 Å². The van der Waals surface area contributed by atoms with Crippen molar-refractivity contribution in [3.63, 3.8) is 0 Å². The second-order valence-electron chi connectivity index (χ2n) is 6.70. The van der Waals surface area contributed by atoms with E-state index in [4.69, 9.17) is 9.15 Å². The van der Waals surface area contributed by atoms with Gasteiger partial charge in [-0.1, -0.05) is 0 Å². The number of rotatable bonds is 4. The third-order valence-electron chi connectivity index (χ3n) is 4.95. The van der Waals surface area contributed by atoms with Gasteiger partial charge in [0, 0.05) is 35.4 Å². The summed E-state index contributed by atoms with van der Waals surface area (Å²) in [6.45, 7) is 3.42. The molecule has 0 bridgehead atoms. The van der Waals surface area contributed by atoms with E-state index in [-0.39, 0.29) is 0 Å². The topological polar surface area (TPSA) is 63.4 Å². The monoisotopic (exact) mass is 372 g/mol. The molecule has 0 atom stereocenters. The fourth-order valence-electron chi connectivity index (χ4n) is 3.47. The van der Waals surface area contributed by atoms with Crippen LogP contribution in [-0.2, 0) is 4.74 Å². The first-order valence-corrected chi connectivity index (χ1v) is 9.35. The van der Waals surface area contributed by atoms with Crippen molar-refractivity contribution in [3.05, 3.63) is 67.2 Å². The Morgan fingerprint density at radius 3 is 2.57 bits per heavy atom. The summed E-state index contributed by atoms with van der Waals surface area (Å²) in [5, 5.41) is 4.38. The molecule has 0 radical (unpaired) electrons. The molecule has 4 aromatic rings. The zero-order valence-corrected chi connectivity index (χ0v) is 15.3. The van der Waals surface area contributed by atoms with Crippen molar-refractivity contribution in [1.82, 2.24) is 9.97 Å². The number of anilines is 3. The summed E-state index contributed by atoms with van der Waals surface area (Å²) in [5.74, 6) is 1.60. The molecule has 1 aliphatic heterocycles. The maximum absolute atomic E-state index is 5.52. The van der Waals surface area contributed by atoms with E-state index in [1.54, 1.807) is 12.6 Å². The second-order valence-corrected chi connectivity index (χ2v) is 6.70. The molecule has 5 rings (SSSR count). The Morgan fingerprint density at radius 2 is 1.79 bits per heavy atom. The van der Waals surface area contributed by atoms with Crippen LogP contribution in [0.2, 0.25) is 0 Å². The van der Waals surface area contributed by atoms with Crippen LogP contribution in [-0.4, -0.2) is 36.3 Å². The molecule has 28 heavy (non-hydrogen) atoms. The Hall–Kier alpha value is -3.38. The zero-order valence-electron chi connectivity index (χ0n) is 15.3. The van der Waals surface area contributed by atoms with Crippen molar-refractivity contribution in [2.24, 2.45) is 0 Å². The Kier molecular flexibility index (Phi) is 4.39. The van der Waals surface area contributed by atoms with Crippen LogP contribution in [0.3, 0.4) is 0 Å². The number of ether oxygens (including phenoxy) is 1. The lowest BCUT2D eigenvalue weighted by Crippen LogP contribution is -2.36. The molecular weight excluding hydrogens is 352 g/mol. The molecular formula is C22H20N4O2. The number of nitrogens with zero attached hydrogens (tertiary/aromatic N) is 3. The van der Waals surface area contributed by atoms with E-state index in [1.807, 2.05) is 24.3 Å². The van der Waals surface area contributed by atoms with E-state index in [0.717, 1.165) is 60.0 Å². The maximum atomic E-state index is 5.52. The number of fused-ring (bicyclic) bond motifs is 1. The molecule has 0 aliphatic carbocycles. The summed E-state index contributed by atoms with van der Waals surface area (Å²) in [4.78, 5) is 11.2. The van der Waals surface area contributed by atoms with E-state index < -0.39 is 0 Å². The number of morpholine rings is 1. The molecule has 2 aromatic carbocycles. The van der Waals surface area contributed by atoms with Gasteiger partial charge in [-0.2, -0.15) is 0 Å². The molecule has 6 nitrogen and oxygen atoms in total. The summed E-state index contributed by atoms with van der Waals surface area (Å²) in [6.07, 6.45) is 3.26. The van der Waals surface area contributed by atoms with Gasteiger partial charge in [0.15, 0.2) is 0 Å². The smallest absolute Gasteiger partial charge is 0.141 e. The molecule has 3 heterocycles. The molecule has 1 saturated heterocycles. The zero-order chi connectivity index (χ0) is 18.8. The average molecular weight is 372 g/mol. The van der Waals surface area contributed by atoms with Gasteiger partial charge < -0.3 is 19.4 Å². The first kappa shape index (κ1) is 16.8. The minimum Gasteiger partial charge on any atom is -0.464 e. The van der Waals surface area contributed by atoms with E-state index in [0.29, 0.717) is 0 Å². The van der Waals surface area contributed by atoms with Crippen LogP contribution < -0.4 is 10.2 Å². The number of furan rings is 1. The summed E-state index contributed by atoms with van der Waals surface area (Å²) >= 11 is 0. The highest BCUT2D eigenvalue weighted by atomic mass is 16.5. The van der Waals surface area contributed by atoms with Crippen molar-refractivity contribution in [2.75, 3.05) is 36.5 Å². The molecule has 0 amide bonds. The van der Waals surface area contributed by atoms with Crippen LogP contribution in [0.1, 0.15) is 0 Å². The van der Waals surface area contributed by atoms with Gasteiger partial charge in [0.1, 0.15) is 17.9 Å². The summed E-state index contributed by atoms with van der Waals surface area (Å²) in [6, 6.07) is 18.3. The fraction of sp³-hybridized carbons (Fsp3) is 0.182. The lowest BCUT2D eigenvalue weighted by atomic mass is 10.1. The molecule has 0 unspecified atom stereocenters. The Morgan fingerprint density at radius 1 is 0.929 bits per heavy atom. The first-order chi connectivity index (χ1) is 13.9.